The molecule has 1 heteroatoms. The van der Waals surface area contributed by atoms with E-state index >= 15 is 0 Å². The Morgan fingerprint density at radius 3 is 2.14 bits per heavy atom. The van der Waals surface area contributed by atoms with E-state index in [0.717, 1.165) is 18.4 Å². The quantitative estimate of drug-likeness (QED) is 0.633. The maximum absolute atomic E-state index is 13.7. The van der Waals surface area contributed by atoms with Crippen molar-refractivity contribution in [2.45, 2.75) is 39.0 Å². The number of benzene rings is 1. The van der Waals surface area contributed by atoms with Crippen LogP contribution >= 0.6 is 0 Å². The Balaban J connectivity index is 2.46. The van der Waals surface area contributed by atoms with Gasteiger partial charge in [0, 0.05) is 5.41 Å². The molecule has 0 amide bonds. The fourth-order valence-corrected chi connectivity index (χ4v) is 2.40. The van der Waals surface area contributed by atoms with Gasteiger partial charge < -0.3 is 0 Å². The SMILES string of the molecule is CC(C)(C)C1(c2ccccc2F)CC1. The van der Waals surface area contributed by atoms with Crippen molar-refractivity contribution in [1.29, 1.82) is 0 Å². The lowest BCUT2D eigenvalue weighted by atomic mass is 9.73. The molecule has 1 fully saturated rings. The highest BCUT2D eigenvalue weighted by Gasteiger charge is 2.54. The fourth-order valence-electron chi connectivity index (χ4n) is 2.40. The third-order valence-electron chi connectivity index (χ3n) is 3.58. The number of rotatable bonds is 1. The predicted octanol–water partition coefficient (Wildman–Crippen LogP) is 3.90. The normalized spacial score (nSPS) is 19.4. The van der Waals surface area contributed by atoms with Gasteiger partial charge in [-0.3, -0.25) is 0 Å². The molecule has 1 aliphatic carbocycles. The highest BCUT2D eigenvalue weighted by atomic mass is 19.1. The molecule has 1 aromatic carbocycles. The Labute approximate surface area is 85.1 Å². The van der Waals surface area contributed by atoms with Gasteiger partial charge in [-0.25, -0.2) is 4.39 Å². The van der Waals surface area contributed by atoms with Crippen LogP contribution in [0.15, 0.2) is 24.3 Å². The first kappa shape index (κ1) is 9.70. The van der Waals surface area contributed by atoms with E-state index in [1.807, 2.05) is 12.1 Å². The Morgan fingerprint density at radius 1 is 1.14 bits per heavy atom. The lowest BCUT2D eigenvalue weighted by Crippen LogP contribution is -2.27. The highest BCUT2D eigenvalue weighted by Crippen LogP contribution is 2.60. The van der Waals surface area contributed by atoms with E-state index < -0.39 is 0 Å². The minimum Gasteiger partial charge on any atom is -0.207 e. The third kappa shape index (κ3) is 1.26. The summed E-state index contributed by atoms with van der Waals surface area (Å²) < 4.78 is 13.7. The minimum atomic E-state index is -0.0417. The largest absolute Gasteiger partial charge is 0.207 e. The van der Waals surface area contributed by atoms with E-state index in [1.54, 1.807) is 12.1 Å². The molecule has 0 radical (unpaired) electrons. The molecule has 0 spiro atoms. The number of halogens is 1. The van der Waals surface area contributed by atoms with Gasteiger partial charge in [0.05, 0.1) is 0 Å². The number of hydrogen-bond donors (Lipinski definition) is 0. The Hall–Kier alpha value is -0.850. The number of hydrogen-bond acceptors (Lipinski definition) is 0. The standard InChI is InChI=1S/C13H17F/c1-12(2,3)13(8-9-13)10-6-4-5-7-11(10)14/h4-7H,8-9H2,1-3H3. The summed E-state index contributed by atoms with van der Waals surface area (Å²) in [6.07, 6.45) is 2.24. The van der Waals surface area contributed by atoms with Crippen LogP contribution in [-0.2, 0) is 5.41 Å². The van der Waals surface area contributed by atoms with Gasteiger partial charge in [0.1, 0.15) is 5.82 Å². The van der Waals surface area contributed by atoms with Crippen LogP contribution in [0.25, 0.3) is 0 Å². The van der Waals surface area contributed by atoms with E-state index in [2.05, 4.69) is 20.8 Å². The summed E-state index contributed by atoms with van der Waals surface area (Å²) in [6, 6.07) is 7.20. The second-order valence-electron chi connectivity index (χ2n) is 5.31. The molecule has 14 heavy (non-hydrogen) atoms. The maximum atomic E-state index is 13.7. The summed E-state index contributed by atoms with van der Waals surface area (Å²) in [4.78, 5) is 0. The van der Waals surface area contributed by atoms with Crippen molar-refractivity contribution in [2.75, 3.05) is 0 Å². The van der Waals surface area contributed by atoms with Crippen LogP contribution in [-0.4, -0.2) is 0 Å². The molecule has 0 heterocycles. The Morgan fingerprint density at radius 2 is 1.71 bits per heavy atom. The Bertz CT molecular complexity index is 342. The average Bonchev–Trinajstić information content (AvgIpc) is 2.84. The van der Waals surface area contributed by atoms with Gasteiger partial charge in [-0.1, -0.05) is 39.0 Å². The fraction of sp³-hybridized carbons (Fsp3) is 0.538. The van der Waals surface area contributed by atoms with E-state index in [1.165, 1.54) is 0 Å². The summed E-state index contributed by atoms with van der Waals surface area (Å²) in [5.74, 6) is -0.0417. The first-order valence-corrected chi connectivity index (χ1v) is 5.22. The molecular weight excluding hydrogens is 175 g/mol. The molecule has 1 aromatic rings. The van der Waals surface area contributed by atoms with Crippen LogP contribution < -0.4 is 0 Å². The van der Waals surface area contributed by atoms with E-state index in [9.17, 15) is 4.39 Å². The van der Waals surface area contributed by atoms with E-state index in [0.29, 0.717) is 0 Å². The van der Waals surface area contributed by atoms with Crippen molar-refractivity contribution in [2.24, 2.45) is 5.41 Å². The molecule has 0 unspecified atom stereocenters. The molecule has 0 saturated heterocycles. The van der Waals surface area contributed by atoms with Gasteiger partial charge in [-0.2, -0.15) is 0 Å². The van der Waals surface area contributed by atoms with Crippen LogP contribution in [0.3, 0.4) is 0 Å². The van der Waals surface area contributed by atoms with Crippen LogP contribution in [0, 0.1) is 11.2 Å². The minimum absolute atomic E-state index is 0.0417. The topological polar surface area (TPSA) is 0 Å². The van der Waals surface area contributed by atoms with E-state index in [4.69, 9.17) is 0 Å². The summed E-state index contributed by atoms with van der Waals surface area (Å²) in [6.45, 7) is 6.60. The second-order valence-corrected chi connectivity index (χ2v) is 5.31. The molecule has 0 bridgehead atoms. The molecule has 76 valence electrons. The van der Waals surface area contributed by atoms with Gasteiger partial charge in [0.25, 0.3) is 0 Å². The molecule has 0 atom stereocenters. The average molecular weight is 192 g/mol. The van der Waals surface area contributed by atoms with Crippen molar-refractivity contribution in [1.82, 2.24) is 0 Å². The Kier molecular flexibility index (Phi) is 1.95. The van der Waals surface area contributed by atoms with Crippen molar-refractivity contribution in [3.8, 4) is 0 Å². The predicted molar refractivity (Wildman–Crippen MR) is 56.8 cm³/mol. The molecule has 0 aromatic heterocycles. The monoisotopic (exact) mass is 192 g/mol. The van der Waals surface area contributed by atoms with Crippen molar-refractivity contribution >= 4 is 0 Å². The van der Waals surface area contributed by atoms with Crippen LogP contribution in [0.5, 0.6) is 0 Å². The second kappa shape index (κ2) is 2.82. The first-order chi connectivity index (χ1) is 6.47. The third-order valence-corrected chi connectivity index (χ3v) is 3.58. The molecular formula is C13H17F. The maximum Gasteiger partial charge on any atom is 0.126 e. The van der Waals surface area contributed by atoms with Crippen molar-refractivity contribution < 1.29 is 4.39 Å². The zero-order chi connectivity index (χ0) is 10.4. The van der Waals surface area contributed by atoms with Gasteiger partial charge in [-0.05, 0) is 29.9 Å². The van der Waals surface area contributed by atoms with Crippen LogP contribution in [0.4, 0.5) is 4.39 Å². The van der Waals surface area contributed by atoms with Crippen LogP contribution in [0.2, 0.25) is 0 Å². The van der Waals surface area contributed by atoms with Gasteiger partial charge >= 0.3 is 0 Å². The summed E-state index contributed by atoms with van der Waals surface area (Å²) in [5, 5.41) is 0. The summed E-state index contributed by atoms with van der Waals surface area (Å²) in [7, 11) is 0. The zero-order valence-corrected chi connectivity index (χ0v) is 9.10. The van der Waals surface area contributed by atoms with Gasteiger partial charge in [0.15, 0.2) is 0 Å². The lowest BCUT2D eigenvalue weighted by Gasteiger charge is -2.31. The zero-order valence-electron chi connectivity index (χ0n) is 9.10. The van der Waals surface area contributed by atoms with Gasteiger partial charge in [0.2, 0.25) is 0 Å². The van der Waals surface area contributed by atoms with E-state index in [-0.39, 0.29) is 16.6 Å². The van der Waals surface area contributed by atoms with Crippen molar-refractivity contribution in [3.63, 3.8) is 0 Å². The van der Waals surface area contributed by atoms with Gasteiger partial charge in [-0.15, -0.1) is 0 Å². The lowest BCUT2D eigenvalue weighted by molar-refractivity contribution is 0.291. The summed E-state index contributed by atoms with van der Waals surface area (Å²) in [5.41, 5.74) is 1.17. The molecule has 0 aliphatic heterocycles. The highest BCUT2D eigenvalue weighted by molar-refractivity contribution is 5.35. The summed E-state index contributed by atoms with van der Waals surface area (Å²) >= 11 is 0. The van der Waals surface area contributed by atoms with Crippen molar-refractivity contribution in [3.05, 3.63) is 35.6 Å². The smallest absolute Gasteiger partial charge is 0.126 e. The molecule has 0 nitrogen and oxygen atoms in total. The van der Waals surface area contributed by atoms with Crippen LogP contribution in [0.1, 0.15) is 39.2 Å². The molecule has 2 rings (SSSR count). The first-order valence-electron chi connectivity index (χ1n) is 5.22. The molecule has 0 N–H and O–H groups in total. The molecule has 1 saturated carbocycles. The molecule has 1 aliphatic rings.